The Balaban J connectivity index is 1.41. The lowest BCUT2D eigenvalue weighted by molar-refractivity contribution is -0.186. The normalized spacial score (nSPS) is 35.0. The van der Waals surface area contributed by atoms with Crippen LogP contribution in [0, 0.1) is 5.92 Å². The minimum atomic E-state index is -0.852. The van der Waals surface area contributed by atoms with Crippen LogP contribution < -0.4 is 4.74 Å². The molecule has 1 aromatic heterocycles. The van der Waals surface area contributed by atoms with Crippen molar-refractivity contribution in [1.82, 2.24) is 4.90 Å². The number of carbonyl (C=O) groups excluding carboxylic acids is 1. The quantitative estimate of drug-likeness (QED) is 0.743. The van der Waals surface area contributed by atoms with E-state index < -0.39 is 11.0 Å². The molecule has 4 aliphatic rings. The van der Waals surface area contributed by atoms with Crippen molar-refractivity contribution >= 4 is 12.0 Å². The molecule has 0 unspecified atom stereocenters. The highest BCUT2D eigenvalue weighted by Gasteiger charge is 2.72. The Labute approximate surface area is 181 Å². The zero-order valence-electron chi connectivity index (χ0n) is 17.6. The van der Waals surface area contributed by atoms with E-state index in [4.69, 9.17) is 9.15 Å². The largest absolute Gasteiger partial charge is 0.504 e. The predicted octanol–water partition coefficient (Wildman–Crippen LogP) is 3.41. The van der Waals surface area contributed by atoms with Crippen LogP contribution in [0.2, 0.25) is 0 Å². The van der Waals surface area contributed by atoms with Crippen molar-refractivity contribution in [2.45, 2.75) is 61.7 Å². The third-order valence-electron chi connectivity index (χ3n) is 8.42. The fraction of sp³-hybridized carbons (Fsp3) is 0.480. The van der Waals surface area contributed by atoms with E-state index in [-0.39, 0.29) is 29.7 Å². The predicted molar refractivity (Wildman–Crippen MR) is 114 cm³/mol. The molecule has 1 amide bonds. The summed E-state index contributed by atoms with van der Waals surface area (Å²) >= 11 is 0. The van der Waals surface area contributed by atoms with Gasteiger partial charge in [-0.25, -0.2) is 0 Å². The number of nitrogens with zero attached hydrogens (tertiary/aromatic N) is 1. The second kappa shape index (κ2) is 6.39. The topological polar surface area (TPSA) is 83.1 Å². The van der Waals surface area contributed by atoms with Crippen molar-refractivity contribution in [3.8, 4) is 11.5 Å². The van der Waals surface area contributed by atoms with Crippen LogP contribution in [0.25, 0.3) is 6.08 Å². The molecule has 6 nitrogen and oxygen atoms in total. The van der Waals surface area contributed by atoms with Crippen LogP contribution in [0.4, 0.5) is 0 Å². The molecule has 2 bridgehead atoms. The molecule has 1 aliphatic heterocycles. The van der Waals surface area contributed by atoms with Crippen molar-refractivity contribution in [3.63, 3.8) is 0 Å². The van der Waals surface area contributed by atoms with E-state index >= 15 is 0 Å². The number of carbonyl (C=O) groups is 1. The highest BCUT2D eigenvalue weighted by atomic mass is 16.5. The summed E-state index contributed by atoms with van der Waals surface area (Å²) in [6.07, 6.45) is 11.1. The van der Waals surface area contributed by atoms with Crippen LogP contribution in [-0.4, -0.2) is 45.8 Å². The average molecular weight is 421 g/mol. The Hall–Kier alpha value is -2.73. The number of phenolic OH excluding ortho intramolecular Hbond substituents is 1. The highest BCUT2D eigenvalue weighted by molar-refractivity contribution is 5.91. The first kappa shape index (κ1) is 19.0. The molecule has 31 heavy (non-hydrogen) atoms. The Kier molecular flexibility index (Phi) is 3.91. The maximum Gasteiger partial charge on any atom is 0.246 e. The van der Waals surface area contributed by atoms with Gasteiger partial charge in [0.05, 0.1) is 29.6 Å². The molecule has 0 saturated heterocycles. The number of hydrogen-bond donors (Lipinski definition) is 2. The van der Waals surface area contributed by atoms with Crippen molar-refractivity contribution < 1.29 is 24.2 Å². The van der Waals surface area contributed by atoms with Gasteiger partial charge in [-0.3, -0.25) is 4.79 Å². The molecule has 1 aromatic carbocycles. The Morgan fingerprint density at radius 1 is 1.26 bits per heavy atom. The minimum Gasteiger partial charge on any atom is -0.504 e. The number of rotatable bonds is 3. The molecule has 2 fully saturated rings. The first-order chi connectivity index (χ1) is 15.0. The summed E-state index contributed by atoms with van der Waals surface area (Å²) in [7, 11) is 1.81. The summed E-state index contributed by atoms with van der Waals surface area (Å²) in [6.45, 7) is 0. The summed E-state index contributed by atoms with van der Waals surface area (Å²) < 4.78 is 11.5. The van der Waals surface area contributed by atoms with Crippen molar-refractivity contribution in [1.29, 1.82) is 0 Å². The summed E-state index contributed by atoms with van der Waals surface area (Å²) in [6, 6.07) is 5.32. The second-order valence-electron chi connectivity index (χ2n) is 9.62. The summed E-state index contributed by atoms with van der Waals surface area (Å²) in [5, 5.41) is 22.7. The number of benzene rings is 1. The molecular formula is C25H27NO5. The van der Waals surface area contributed by atoms with Crippen LogP contribution in [0.3, 0.4) is 0 Å². The van der Waals surface area contributed by atoms with Crippen molar-refractivity contribution in [2.75, 3.05) is 7.05 Å². The van der Waals surface area contributed by atoms with E-state index in [9.17, 15) is 15.0 Å². The van der Waals surface area contributed by atoms with Crippen molar-refractivity contribution in [2.24, 2.45) is 5.92 Å². The Morgan fingerprint density at radius 3 is 2.94 bits per heavy atom. The fourth-order valence-electron chi connectivity index (χ4n) is 7.04. The van der Waals surface area contributed by atoms with E-state index in [0.717, 1.165) is 36.8 Å². The lowest BCUT2D eigenvalue weighted by atomic mass is 9.45. The van der Waals surface area contributed by atoms with Gasteiger partial charge in [0.1, 0.15) is 6.10 Å². The molecular weight excluding hydrogens is 394 g/mol. The number of aromatic hydroxyl groups is 1. The van der Waals surface area contributed by atoms with Crippen molar-refractivity contribution in [3.05, 3.63) is 53.5 Å². The third kappa shape index (κ3) is 2.34. The molecule has 0 radical (unpaired) electrons. The van der Waals surface area contributed by atoms with Gasteiger partial charge >= 0.3 is 0 Å². The summed E-state index contributed by atoms with van der Waals surface area (Å²) in [4.78, 5) is 14.8. The SMILES string of the molecule is CN(C(=O)/C=C/c1ccoc1)[C@@H]1CC[C@@]2(O)[C@@H]3CCC[C@@]24c2c(ccc(O)c2O[C@@H]14)C3. The first-order valence-corrected chi connectivity index (χ1v) is 11.2. The number of amides is 1. The zero-order valence-corrected chi connectivity index (χ0v) is 17.6. The van der Waals surface area contributed by atoms with Crippen LogP contribution in [0.15, 0.2) is 41.2 Å². The monoisotopic (exact) mass is 421 g/mol. The molecule has 2 heterocycles. The van der Waals surface area contributed by atoms with Crippen LogP contribution >= 0.6 is 0 Å². The molecule has 3 aliphatic carbocycles. The van der Waals surface area contributed by atoms with Gasteiger partial charge < -0.3 is 24.3 Å². The van der Waals surface area contributed by atoms with Crippen LogP contribution in [0.1, 0.15) is 48.8 Å². The summed E-state index contributed by atoms with van der Waals surface area (Å²) in [5.74, 6) is 0.725. The molecule has 1 spiro atoms. The molecule has 2 saturated carbocycles. The Bertz CT molecular complexity index is 1080. The van der Waals surface area contributed by atoms with Crippen LogP contribution in [-0.2, 0) is 16.6 Å². The van der Waals surface area contributed by atoms with E-state index in [0.29, 0.717) is 18.6 Å². The van der Waals surface area contributed by atoms with Gasteiger partial charge in [0.15, 0.2) is 11.5 Å². The van der Waals surface area contributed by atoms with E-state index in [2.05, 4.69) is 0 Å². The lowest BCUT2D eigenvalue weighted by Crippen LogP contribution is -2.72. The number of ether oxygens (including phenoxy) is 1. The van der Waals surface area contributed by atoms with Gasteiger partial charge in [-0.2, -0.15) is 0 Å². The first-order valence-electron chi connectivity index (χ1n) is 11.2. The molecule has 6 heteroatoms. The number of likely N-dealkylation sites (N-methyl/N-ethyl adjacent to an activating group) is 1. The molecule has 2 aromatic rings. The number of furan rings is 1. The van der Waals surface area contributed by atoms with Gasteiger partial charge in [-0.15, -0.1) is 0 Å². The third-order valence-corrected chi connectivity index (χ3v) is 8.42. The average Bonchev–Trinajstić information content (AvgIpc) is 3.38. The molecule has 2 N–H and O–H groups in total. The minimum absolute atomic E-state index is 0.111. The lowest BCUT2D eigenvalue weighted by Gasteiger charge is -2.62. The number of hydrogen-bond acceptors (Lipinski definition) is 5. The standard InChI is InChI=1S/C25H27NO5/c1-26(20(28)7-4-15-9-12-30-14-15)18-8-11-25(29)17-3-2-10-24(25)21-16(13-17)5-6-19(27)22(21)31-23(18)24/h4-7,9,12,14,17-18,23,27,29H,2-3,8,10-11,13H2,1H3/b7-4+/t17-,18-,23+,24+,25-/m1/s1. The number of phenols is 1. The van der Waals surface area contributed by atoms with E-state index in [1.807, 2.05) is 13.1 Å². The Morgan fingerprint density at radius 2 is 2.13 bits per heavy atom. The number of aliphatic hydroxyl groups is 1. The highest BCUT2D eigenvalue weighted by Crippen LogP contribution is 2.67. The fourth-order valence-corrected chi connectivity index (χ4v) is 7.04. The zero-order chi connectivity index (χ0) is 21.4. The van der Waals surface area contributed by atoms with Crippen LogP contribution in [0.5, 0.6) is 11.5 Å². The molecule has 6 rings (SSSR count). The van der Waals surface area contributed by atoms with Gasteiger partial charge in [0.25, 0.3) is 0 Å². The maximum absolute atomic E-state index is 13.0. The second-order valence-corrected chi connectivity index (χ2v) is 9.62. The smallest absolute Gasteiger partial charge is 0.246 e. The molecule has 162 valence electrons. The van der Waals surface area contributed by atoms with E-state index in [1.54, 1.807) is 41.7 Å². The van der Waals surface area contributed by atoms with E-state index in [1.165, 1.54) is 5.56 Å². The summed E-state index contributed by atoms with van der Waals surface area (Å²) in [5.41, 5.74) is 1.59. The maximum atomic E-state index is 13.0. The van der Waals surface area contributed by atoms with Gasteiger partial charge in [0, 0.05) is 24.3 Å². The van der Waals surface area contributed by atoms with Gasteiger partial charge in [-0.05, 0) is 61.8 Å². The van der Waals surface area contributed by atoms with Gasteiger partial charge in [-0.1, -0.05) is 12.5 Å². The molecule has 5 atom stereocenters. The van der Waals surface area contributed by atoms with Gasteiger partial charge in [0.2, 0.25) is 5.91 Å².